The largest absolute Gasteiger partial charge is 0.465 e. The molecule has 0 aromatic carbocycles. The van der Waals surface area contributed by atoms with Crippen molar-refractivity contribution in [1.82, 2.24) is 4.98 Å². The third-order valence-electron chi connectivity index (χ3n) is 1.69. The fourth-order valence-electron chi connectivity index (χ4n) is 0.925. The predicted octanol–water partition coefficient (Wildman–Crippen LogP) is 2.10. The summed E-state index contributed by atoms with van der Waals surface area (Å²) in [4.78, 5) is 14.6. The van der Waals surface area contributed by atoms with E-state index in [2.05, 4.69) is 14.5 Å². The maximum absolute atomic E-state index is 12.6. The molecule has 17 heavy (non-hydrogen) atoms. The van der Waals surface area contributed by atoms with E-state index < -0.39 is 29.8 Å². The highest BCUT2D eigenvalue weighted by molar-refractivity contribution is 5.91. The minimum atomic E-state index is -4.69. The van der Waals surface area contributed by atoms with Gasteiger partial charge in [-0.05, 0) is 6.07 Å². The van der Waals surface area contributed by atoms with Crippen LogP contribution in [-0.2, 0) is 4.74 Å². The Hall–Kier alpha value is -1.86. The van der Waals surface area contributed by atoms with Crippen LogP contribution in [0.4, 0.5) is 17.6 Å². The van der Waals surface area contributed by atoms with E-state index in [0.717, 1.165) is 25.6 Å². The van der Waals surface area contributed by atoms with Gasteiger partial charge in [-0.3, -0.25) is 4.98 Å². The number of aromatic nitrogens is 1. The van der Waals surface area contributed by atoms with Gasteiger partial charge in [0.1, 0.15) is 11.3 Å². The molecule has 1 aromatic heterocycles. The first-order valence-corrected chi connectivity index (χ1v) is 4.25. The lowest BCUT2D eigenvalue weighted by molar-refractivity contribution is -0.253. The molecule has 0 fully saturated rings. The van der Waals surface area contributed by atoms with Crippen LogP contribution in [-0.4, -0.2) is 30.6 Å². The first-order chi connectivity index (χ1) is 7.88. The topological polar surface area (TPSA) is 48.4 Å². The van der Waals surface area contributed by atoms with E-state index in [4.69, 9.17) is 0 Å². The predicted molar refractivity (Wildman–Crippen MR) is 47.2 cm³/mol. The molecule has 0 aliphatic heterocycles. The molecule has 0 aliphatic rings. The SMILES string of the molecule is COC(=O)c1cnccc1OC(F)(F)C(F)F. The van der Waals surface area contributed by atoms with Gasteiger partial charge >= 0.3 is 18.5 Å². The second kappa shape index (κ2) is 4.98. The molecule has 8 heteroatoms. The van der Waals surface area contributed by atoms with Crippen molar-refractivity contribution in [3.63, 3.8) is 0 Å². The Kier molecular flexibility index (Phi) is 3.87. The summed E-state index contributed by atoms with van der Waals surface area (Å²) in [7, 11) is 1.00. The molecule has 0 saturated heterocycles. The number of pyridine rings is 1. The van der Waals surface area contributed by atoms with Gasteiger partial charge in [0.15, 0.2) is 0 Å². The number of hydrogen-bond acceptors (Lipinski definition) is 4. The highest BCUT2D eigenvalue weighted by Gasteiger charge is 2.44. The molecule has 0 radical (unpaired) electrons. The molecule has 94 valence electrons. The van der Waals surface area contributed by atoms with Gasteiger partial charge in [0.25, 0.3) is 0 Å². The molecular weight excluding hydrogens is 246 g/mol. The van der Waals surface area contributed by atoms with Gasteiger partial charge in [0, 0.05) is 12.4 Å². The smallest absolute Gasteiger partial charge is 0.461 e. The van der Waals surface area contributed by atoms with Gasteiger partial charge in [0.2, 0.25) is 0 Å². The minimum Gasteiger partial charge on any atom is -0.465 e. The van der Waals surface area contributed by atoms with E-state index >= 15 is 0 Å². The number of methoxy groups -OCH3 is 1. The number of carbonyl (C=O) groups is 1. The van der Waals surface area contributed by atoms with E-state index in [1.807, 2.05) is 0 Å². The van der Waals surface area contributed by atoms with Crippen molar-refractivity contribution in [2.24, 2.45) is 0 Å². The standard InChI is InChI=1S/C9H7F4NO3/c1-16-7(15)5-4-14-3-2-6(5)17-9(12,13)8(10)11/h2-4,8H,1H3. The Morgan fingerprint density at radius 2 is 2.12 bits per heavy atom. The van der Waals surface area contributed by atoms with Crippen molar-refractivity contribution < 1.29 is 31.8 Å². The molecule has 0 amide bonds. The number of nitrogens with zero attached hydrogens (tertiary/aromatic N) is 1. The number of ether oxygens (including phenoxy) is 2. The van der Waals surface area contributed by atoms with E-state index in [1.165, 1.54) is 0 Å². The van der Waals surface area contributed by atoms with Crippen LogP contribution in [0, 0.1) is 0 Å². The maximum atomic E-state index is 12.6. The molecule has 0 saturated carbocycles. The summed E-state index contributed by atoms with van der Waals surface area (Å²) in [5, 5.41) is 0. The molecule has 0 aliphatic carbocycles. The summed E-state index contributed by atoms with van der Waals surface area (Å²) in [6, 6.07) is 0.864. The molecule has 0 unspecified atom stereocenters. The normalized spacial score (nSPS) is 11.4. The number of halogens is 4. The molecule has 1 aromatic rings. The maximum Gasteiger partial charge on any atom is 0.461 e. The van der Waals surface area contributed by atoms with E-state index in [0.29, 0.717) is 0 Å². The number of esters is 1. The monoisotopic (exact) mass is 253 g/mol. The average molecular weight is 253 g/mol. The third kappa shape index (κ3) is 3.05. The summed E-state index contributed by atoms with van der Waals surface area (Å²) in [5.74, 6) is -1.74. The van der Waals surface area contributed by atoms with Crippen molar-refractivity contribution in [2.45, 2.75) is 12.5 Å². The first kappa shape index (κ1) is 13.2. The molecule has 0 atom stereocenters. The Labute approximate surface area is 93.2 Å². The van der Waals surface area contributed by atoms with Crippen LogP contribution in [0.25, 0.3) is 0 Å². The second-order valence-electron chi connectivity index (χ2n) is 2.83. The third-order valence-corrected chi connectivity index (χ3v) is 1.69. The van der Waals surface area contributed by atoms with Crippen LogP contribution in [0.5, 0.6) is 5.75 Å². The van der Waals surface area contributed by atoms with Crippen molar-refractivity contribution in [3.8, 4) is 5.75 Å². The van der Waals surface area contributed by atoms with Gasteiger partial charge in [-0.15, -0.1) is 0 Å². The lowest BCUT2D eigenvalue weighted by Crippen LogP contribution is -2.34. The van der Waals surface area contributed by atoms with Crippen LogP contribution >= 0.6 is 0 Å². The highest BCUT2D eigenvalue weighted by Crippen LogP contribution is 2.29. The van der Waals surface area contributed by atoms with Crippen molar-refractivity contribution in [3.05, 3.63) is 24.0 Å². The summed E-state index contributed by atoms with van der Waals surface area (Å²) in [6.07, 6.45) is -6.81. The van der Waals surface area contributed by atoms with Crippen LogP contribution in [0.1, 0.15) is 10.4 Å². The molecule has 1 rings (SSSR count). The zero-order valence-electron chi connectivity index (χ0n) is 8.49. The van der Waals surface area contributed by atoms with Crippen LogP contribution in [0.2, 0.25) is 0 Å². The number of rotatable bonds is 4. The number of carbonyl (C=O) groups excluding carboxylic acids is 1. The van der Waals surface area contributed by atoms with Gasteiger partial charge in [-0.2, -0.15) is 17.6 Å². The van der Waals surface area contributed by atoms with E-state index in [-0.39, 0.29) is 0 Å². The summed E-state index contributed by atoms with van der Waals surface area (Å²) in [6.45, 7) is 0. The van der Waals surface area contributed by atoms with Gasteiger partial charge in [-0.1, -0.05) is 0 Å². The van der Waals surface area contributed by atoms with Crippen molar-refractivity contribution in [2.75, 3.05) is 7.11 Å². The highest BCUT2D eigenvalue weighted by atomic mass is 19.3. The van der Waals surface area contributed by atoms with Gasteiger partial charge in [0.05, 0.1) is 7.11 Å². The summed E-state index contributed by atoms with van der Waals surface area (Å²) >= 11 is 0. The average Bonchev–Trinajstić information content (AvgIpc) is 2.28. The Morgan fingerprint density at radius 3 is 2.65 bits per heavy atom. The molecule has 0 bridgehead atoms. The minimum absolute atomic E-state index is 0.463. The van der Waals surface area contributed by atoms with Gasteiger partial charge in [-0.25, -0.2) is 4.79 Å². The van der Waals surface area contributed by atoms with Crippen LogP contribution in [0.3, 0.4) is 0 Å². The lowest BCUT2D eigenvalue weighted by atomic mass is 10.2. The van der Waals surface area contributed by atoms with E-state index in [9.17, 15) is 22.4 Å². The number of alkyl halides is 4. The molecule has 4 nitrogen and oxygen atoms in total. The van der Waals surface area contributed by atoms with E-state index in [1.54, 1.807) is 0 Å². The quantitative estimate of drug-likeness (QED) is 0.609. The zero-order chi connectivity index (χ0) is 13.1. The molecule has 1 heterocycles. The molecule has 0 spiro atoms. The fourth-order valence-corrected chi connectivity index (χ4v) is 0.925. The fraction of sp³-hybridized carbons (Fsp3) is 0.333. The Morgan fingerprint density at radius 1 is 1.47 bits per heavy atom. The first-order valence-electron chi connectivity index (χ1n) is 4.25. The Bertz CT molecular complexity index is 411. The molecular formula is C9H7F4NO3. The molecule has 0 N–H and O–H groups in total. The lowest BCUT2D eigenvalue weighted by Gasteiger charge is -2.17. The number of hydrogen-bond donors (Lipinski definition) is 0. The van der Waals surface area contributed by atoms with Gasteiger partial charge < -0.3 is 9.47 Å². The zero-order valence-corrected chi connectivity index (χ0v) is 8.49. The summed E-state index contributed by atoms with van der Waals surface area (Å²) in [5.41, 5.74) is -0.463. The second-order valence-corrected chi connectivity index (χ2v) is 2.83. The Balaban J connectivity index is 3.03. The van der Waals surface area contributed by atoms with Crippen molar-refractivity contribution in [1.29, 1.82) is 0 Å². The van der Waals surface area contributed by atoms with Crippen LogP contribution < -0.4 is 4.74 Å². The van der Waals surface area contributed by atoms with Crippen LogP contribution in [0.15, 0.2) is 18.5 Å². The van der Waals surface area contributed by atoms with Crippen molar-refractivity contribution >= 4 is 5.97 Å². The summed E-state index contributed by atoms with van der Waals surface area (Å²) < 4.78 is 57.1.